The SMILES string of the molecule is Fc1ccc(Oc2ccncc2CNC2CC2)cc1F. The summed E-state index contributed by atoms with van der Waals surface area (Å²) in [5, 5.41) is 3.37. The van der Waals surface area contributed by atoms with Crippen molar-refractivity contribution in [2.24, 2.45) is 0 Å². The van der Waals surface area contributed by atoms with Crippen LogP contribution in [0, 0.1) is 11.6 Å². The van der Waals surface area contributed by atoms with E-state index in [1.807, 2.05) is 0 Å². The molecule has 0 radical (unpaired) electrons. The maximum atomic E-state index is 13.2. The molecule has 1 fully saturated rings. The number of aromatic nitrogens is 1. The molecule has 1 N–H and O–H groups in total. The lowest BCUT2D eigenvalue weighted by molar-refractivity contribution is 0.454. The lowest BCUT2D eigenvalue weighted by Gasteiger charge is -2.11. The first-order valence-electron chi connectivity index (χ1n) is 6.51. The Balaban J connectivity index is 1.76. The highest BCUT2D eigenvalue weighted by Crippen LogP contribution is 2.27. The standard InChI is InChI=1S/C15H14F2N2O/c16-13-4-3-12(7-14(13)17)20-15-5-6-18-8-10(15)9-19-11-1-2-11/h3-8,11,19H,1-2,9H2. The fraction of sp³-hybridized carbons (Fsp3) is 0.267. The van der Waals surface area contributed by atoms with Gasteiger partial charge in [-0.1, -0.05) is 0 Å². The second kappa shape index (κ2) is 5.54. The van der Waals surface area contributed by atoms with Gasteiger partial charge < -0.3 is 10.1 Å². The van der Waals surface area contributed by atoms with E-state index >= 15 is 0 Å². The zero-order valence-corrected chi connectivity index (χ0v) is 10.8. The molecule has 0 amide bonds. The Morgan fingerprint density at radius 2 is 2.05 bits per heavy atom. The molecule has 0 aliphatic heterocycles. The van der Waals surface area contributed by atoms with E-state index in [9.17, 15) is 8.78 Å². The minimum absolute atomic E-state index is 0.266. The van der Waals surface area contributed by atoms with Gasteiger partial charge >= 0.3 is 0 Å². The molecule has 20 heavy (non-hydrogen) atoms. The fourth-order valence-electron chi connectivity index (χ4n) is 1.86. The average Bonchev–Trinajstić information content (AvgIpc) is 3.26. The van der Waals surface area contributed by atoms with Crippen LogP contribution in [0.2, 0.25) is 0 Å². The maximum absolute atomic E-state index is 13.2. The summed E-state index contributed by atoms with van der Waals surface area (Å²) in [5.41, 5.74) is 0.893. The number of pyridine rings is 1. The first-order valence-corrected chi connectivity index (χ1v) is 6.51. The Labute approximate surface area is 115 Å². The molecular weight excluding hydrogens is 262 g/mol. The van der Waals surface area contributed by atoms with Gasteiger partial charge in [-0.05, 0) is 31.0 Å². The van der Waals surface area contributed by atoms with E-state index < -0.39 is 11.6 Å². The lowest BCUT2D eigenvalue weighted by atomic mass is 10.2. The van der Waals surface area contributed by atoms with Gasteiger partial charge in [0, 0.05) is 36.6 Å². The van der Waals surface area contributed by atoms with Gasteiger partial charge in [-0.3, -0.25) is 4.98 Å². The normalized spacial score (nSPS) is 14.3. The van der Waals surface area contributed by atoms with Crippen LogP contribution in [0.25, 0.3) is 0 Å². The molecule has 0 unspecified atom stereocenters. The van der Waals surface area contributed by atoms with Crippen LogP contribution >= 0.6 is 0 Å². The van der Waals surface area contributed by atoms with Crippen molar-refractivity contribution in [3.8, 4) is 11.5 Å². The molecule has 5 heteroatoms. The van der Waals surface area contributed by atoms with Crippen LogP contribution in [-0.2, 0) is 6.54 Å². The summed E-state index contributed by atoms with van der Waals surface area (Å²) in [5.74, 6) is -0.946. The molecule has 3 nitrogen and oxygen atoms in total. The number of halogens is 2. The molecule has 0 atom stereocenters. The van der Waals surface area contributed by atoms with E-state index in [2.05, 4.69) is 10.3 Å². The van der Waals surface area contributed by atoms with E-state index in [1.165, 1.54) is 18.9 Å². The molecule has 2 aromatic rings. The third-order valence-corrected chi connectivity index (χ3v) is 3.14. The van der Waals surface area contributed by atoms with Crippen LogP contribution in [0.4, 0.5) is 8.78 Å². The van der Waals surface area contributed by atoms with Crippen molar-refractivity contribution in [2.75, 3.05) is 0 Å². The van der Waals surface area contributed by atoms with Crippen LogP contribution in [0.5, 0.6) is 11.5 Å². The molecule has 1 saturated carbocycles. The van der Waals surface area contributed by atoms with E-state index in [1.54, 1.807) is 18.5 Å². The van der Waals surface area contributed by atoms with Gasteiger partial charge in [-0.2, -0.15) is 0 Å². The minimum Gasteiger partial charge on any atom is -0.457 e. The number of benzene rings is 1. The summed E-state index contributed by atoms with van der Waals surface area (Å²) >= 11 is 0. The van der Waals surface area contributed by atoms with E-state index in [4.69, 9.17) is 4.74 Å². The van der Waals surface area contributed by atoms with Crippen molar-refractivity contribution < 1.29 is 13.5 Å². The molecule has 1 heterocycles. The topological polar surface area (TPSA) is 34.1 Å². The van der Waals surface area contributed by atoms with Crippen molar-refractivity contribution in [2.45, 2.75) is 25.4 Å². The van der Waals surface area contributed by atoms with E-state index in [-0.39, 0.29) is 5.75 Å². The third-order valence-electron chi connectivity index (χ3n) is 3.14. The molecular formula is C15H14F2N2O. The Morgan fingerprint density at radius 3 is 2.80 bits per heavy atom. The first kappa shape index (κ1) is 13.0. The van der Waals surface area contributed by atoms with Crippen molar-refractivity contribution in [3.05, 3.63) is 53.9 Å². The monoisotopic (exact) mass is 276 g/mol. The summed E-state index contributed by atoms with van der Waals surface area (Å²) in [6, 6.07) is 5.77. The molecule has 1 aliphatic carbocycles. The number of nitrogens with zero attached hydrogens (tertiary/aromatic N) is 1. The van der Waals surface area contributed by atoms with Gasteiger partial charge in [-0.25, -0.2) is 8.78 Å². The maximum Gasteiger partial charge on any atom is 0.162 e. The van der Waals surface area contributed by atoms with Crippen molar-refractivity contribution in [1.82, 2.24) is 10.3 Å². The highest BCUT2D eigenvalue weighted by atomic mass is 19.2. The summed E-state index contributed by atoms with van der Waals surface area (Å²) in [6.45, 7) is 0.650. The van der Waals surface area contributed by atoms with Crippen LogP contribution in [0.3, 0.4) is 0 Å². The average molecular weight is 276 g/mol. The number of nitrogens with one attached hydrogen (secondary N) is 1. The molecule has 0 saturated heterocycles. The minimum atomic E-state index is -0.922. The Bertz CT molecular complexity index is 615. The van der Waals surface area contributed by atoms with Gasteiger partial charge in [-0.15, -0.1) is 0 Å². The number of ether oxygens (including phenoxy) is 1. The summed E-state index contributed by atoms with van der Waals surface area (Å²) in [7, 11) is 0. The first-order chi connectivity index (χ1) is 9.72. The smallest absolute Gasteiger partial charge is 0.162 e. The van der Waals surface area contributed by atoms with Gasteiger partial charge in [0.15, 0.2) is 11.6 Å². The molecule has 3 rings (SSSR count). The zero-order valence-electron chi connectivity index (χ0n) is 10.8. The van der Waals surface area contributed by atoms with Gasteiger partial charge in [0.05, 0.1) is 0 Å². The molecule has 0 bridgehead atoms. The zero-order chi connectivity index (χ0) is 13.9. The summed E-state index contributed by atoms with van der Waals surface area (Å²) < 4.78 is 31.7. The number of rotatable bonds is 5. The Kier molecular flexibility index (Phi) is 3.60. The lowest BCUT2D eigenvalue weighted by Crippen LogP contribution is -2.15. The van der Waals surface area contributed by atoms with Crippen LogP contribution in [0.15, 0.2) is 36.7 Å². The largest absolute Gasteiger partial charge is 0.457 e. The molecule has 1 aromatic carbocycles. The quantitative estimate of drug-likeness (QED) is 0.908. The summed E-state index contributed by atoms with van der Waals surface area (Å²) in [4.78, 5) is 4.06. The number of hydrogen-bond acceptors (Lipinski definition) is 3. The second-order valence-electron chi connectivity index (χ2n) is 4.82. The molecule has 1 aliphatic rings. The molecule has 104 valence electrons. The van der Waals surface area contributed by atoms with Crippen LogP contribution < -0.4 is 10.1 Å². The second-order valence-corrected chi connectivity index (χ2v) is 4.82. The Morgan fingerprint density at radius 1 is 1.20 bits per heavy atom. The predicted octanol–water partition coefficient (Wildman–Crippen LogP) is 3.40. The van der Waals surface area contributed by atoms with Crippen molar-refractivity contribution in [1.29, 1.82) is 0 Å². The van der Waals surface area contributed by atoms with E-state index in [0.717, 1.165) is 17.7 Å². The Hall–Kier alpha value is -2.01. The van der Waals surface area contributed by atoms with Gasteiger partial charge in [0.1, 0.15) is 11.5 Å². The van der Waals surface area contributed by atoms with Gasteiger partial charge in [0.25, 0.3) is 0 Å². The summed E-state index contributed by atoms with van der Waals surface area (Å²) in [6.07, 6.45) is 5.71. The molecule has 1 aromatic heterocycles. The molecule has 0 spiro atoms. The highest BCUT2D eigenvalue weighted by molar-refractivity contribution is 5.36. The van der Waals surface area contributed by atoms with Crippen molar-refractivity contribution >= 4 is 0 Å². The third kappa shape index (κ3) is 3.11. The van der Waals surface area contributed by atoms with Crippen molar-refractivity contribution in [3.63, 3.8) is 0 Å². The highest BCUT2D eigenvalue weighted by Gasteiger charge is 2.20. The number of hydrogen-bond donors (Lipinski definition) is 1. The van der Waals surface area contributed by atoms with Gasteiger partial charge in [0.2, 0.25) is 0 Å². The predicted molar refractivity (Wildman–Crippen MR) is 70.5 cm³/mol. The van der Waals surface area contributed by atoms with E-state index in [0.29, 0.717) is 18.3 Å². The fourth-order valence-corrected chi connectivity index (χ4v) is 1.86. The van der Waals surface area contributed by atoms with Crippen LogP contribution in [-0.4, -0.2) is 11.0 Å². The van der Waals surface area contributed by atoms with Crippen LogP contribution in [0.1, 0.15) is 18.4 Å².